The third-order valence-corrected chi connectivity index (χ3v) is 7.95. The van der Waals surface area contributed by atoms with Gasteiger partial charge in [-0.1, -0.05) is 34.5 Å². The first-order valence-electron chi connectivity index (χ1n) is 10.3. The normalized spacial score (nSPS) is 20.0. The van der Waals surface area contributed by atoms with Gasteiger partial charge in [0, 0.05) is 36.7 Å². The monoisotopic (exact) mass is 537 g/mol. The fraction of sp³-hybridized carbons (Fsp3) is 0.450. The number of halogens is 2. The maximum atomic E-state index is 12.6. The number of nitrogens with one attached hydrogen (secondary N) is 3. The number of amides is 2. The van der Waals surface area contributed by atoms with Crippen LogP contribution in [0.4, 0.5) is 5.13 Å². The van der Waals surface area contributed by atoms with Crippen LogP contribution < -0.4 is 15.5 Å². The van der Waals surface area contributed by atoms with Crippen molar-refractivity contribution in [3.63, 3.8) is 0 Å². The average molecular weight is 538 g/mol. The first-order valence-corrected chi connectivity index (χ1v) is 11.8. The number of thiazole rings is 1. The summed E-state index contributed by atoms with van der Waals surface area (Å²) in [7, 11) is 1.24. The summed E-state index contributed by atoms with van der Waals surface area (Å²) in [6, 6.07) is -0.0106. The van der Waals surface area contributed by atoms with Gasteiger partial charge in [-0.25, -0.2) is 9.78 Å². The number of aryl methyl sites for hydroxylation is 1. The molecule has 2 amide bonds. The molecule has 4 N–H and O–H groups in total. The third-order valence-electron chi connectivity index (χ3n) is 5.86. The topological polar surface area (TPSA) is 154 Å². The Bertz CT molecular complexity index is 1180. The van der Waals surface area contributed by atoms with Crippen LogP contribution in [-0.4, -0.2) is 90.5 Å². The Labute approximate surface area is 226 Å². The van der Waals surface area contributed by atoms with E-state index in [1.165, 1.54) is 7.11 Å². The van der Waals surface area contributed by atoms with Gasteiger partial charge in [0.25, 0.3) is 5.91 Å². The number of H-pyrrole nitrogens is 1. The fourth-order valence-corrected chi connectivity index (χ4v) is 5.52. The number of nitrogens with zero attached hydrogens (tertiary/aromatic N) is 2. The number of piperidine rings is 1. The van der Waals surface area contributed by atoms with Gasteiger partial charge in [-0.05, 0) is 6.92 Å². The van der Waals surface area contributed by atoms with E-state index in [1.807, 2.05) is 4.90 Å². The number of ether oxygens (including phenoxy) is 1. The Hall–Kier alpha value is -2.23. The minimum absolute atomic E-state index is 0. The van der Waals surface area contributed by atoms with Crippen molar-refractivity contribution in [2.24, 2.45) is 11.8 Å². The van der Waals surface area contributed by atoms with Crippen molar-refractivity contribution in [2.75, 3.05) is 31.6 Å². The number of methoxy groups -OCH3 is 1. The summed E-state index contributed by atoms with van der Waals surface area (Å²) in [4.78, 5) is 57.0. The van der Waals surface area contributed by atoms with Gasteiger partial charge in [-0.15, -0.1) is 0 Å². The Morgan fingerprint density at radius 2 is 1.89 bits per heavy atom. The quantitative estimate of drug-likeness (QED) is 0.285. The van der Waals surface area contributed by atoms with Crippen molar-refractivity contribution < 1.29 is 29.0 Å². The van der Waals surface area contributed by atoms with E-state index in [4.69, 9.17) is 33.0 Å². The zero-order valence-electron chi connectivity index (χ0n) is 18.1. The molecule has 2 fully saturated rings. The van der Waals surface area contributed by atoms with Gasteiger partial charge >= 0.3 is 30.8 Å². The van der Waals surface area contributed by atoms with E-state index in [9.17, 15) is 19.2 Å². The molecular weight excluding hydrogens is 516 g/mol. The van der Waals surface area contributed by atoms with E-state index in [0.29, 0.717) is 28.9 Å². The summed E-state index contributed by atoms with van der Waals surface area (Å²) in [5.41, 5.74) is 1.09. The van der Waals surface area contributed by atoms with Crippen molar-refractivity contribution in [3.8, 4) is 0 Å². The molecular formula is C20H22Cl2LiN5O6S. The van der Waals surface area contributed by atoms with Crippen molar-refractivity contribution in [2.45, 2.75) is 19.4 Å². The number of anilines is 1. The number of carbonyl (C=O) groups excluding carboxylic acids is 3. The van der Waals surface area contributed by atoms with E-state index in [1.54, 1.807) is 6.92 Å². The van der Waals surface area contributed by atoms with Gasteiger partial charge in [0.2, 0.25) is 5.91 Å². The van der Waals surface area contributed by atoms with Crippen molar-refractivity contribution >= 4 is 82.3 Å². The number of esters is 1. The number of hydrogen-bond donors (Lipinski definition) is 4. The molecule has 1 saturated heterocycles. The van der Waals surface area contributed by atoms with Crippen molar-refractivity contribution in [1.29, 1.82) is 0 Å². The Morgan fingerprint density at radius 3 is 2.43 bits per heavy atom. The first kappa shape index (κ1) is 27.4. The molecule has 11 nitrogen and oxygen atoms in total. The van der Waals surface area contributed by atoms with Crippen molar-refractivity contribution in [1.82, 2.24) is 20.6 Å². The molecule has 35 heavy (non-hydrogen) atoms. The molecule has 184 valence electrons. The molecule has 4 rings (SSSR count). The standard InChI is InChI=1S/C20H21Cl2N5O6S.Li.H/c1-7-13(21)14(22)16(24-7)18(31)26-15-8-5-27(6-9(8)15)20-25-10(17(34-20)19(32)33-2)3-11(28)23-4-12(29)30;;/h8-9,15,24H,3-6H2,1-2H3,(H,23,28)(H,26,31)(H,29,30);;/t8-,9+,15+;;. The molecule has 1 aliphatic heterocycles. The van der Waals surface area contributed by atoms with Crippen LogP contribution in [0.5, 0.6) is 0 Å². The van der Waals surface area contributed by atoms with Crippen LogP contribution in [0.1, 0.15) is 31.5 Å². The molecule has 2 aromatic rings. The summed E-state index contributed by atoms with van der Waals surface area (Å²) in [6.07, 6.45) is -0.244. The molecule has 0 bridgehead atoms. The number of carboxylic acids is 1. The van der Waals surface area contributed by atoms with Crippen LogP contribution in [0.3, 0.4) is 0 Å². The van der Waals surface area contributed by atoms with Crippen LogP contribution in [0.15, 0.2) is 0 Å². The molecule has 0 radical (unpaired) electrons. The number of aromatic amines is 1. The van der Waals surface area contributed by atoms with E-state index >= 15 is 0 Å². The molecule has 1 saturated carbocycles. The molecule has 0 spiro atoms. The SMILES string of the molecule is COC(=O)c1sc(N2C[C@@H]3[C@H](C2)[C@H]3NC(=O)c2[nH]c(C)c(Cl)c2Cl)nc1CC(=O)NCC(=O)O.[LiH]. The summed E-state index contributed by atoms with van der Waals surface area (Å²) in [6.45, 7) is 2.44. The zero-order valence-corrected chi connectivity index (χ0v) is 20.4. The van der Waals surface area contributed by atoms with Gasteiger partial charge in [-0.2, -0.15) is 0 Å². The summed E-state index contributed by atoms with van der Waals surface area (Å²) < 4.78 is 4.80. The third kappa shape index (κ3) is 5.62. The second kappa shape index (κ2) is 10.8. The number of rotatable bonds is 8. The molecule has 3 atom stereocenters. The second-order valence-electron chi connectivity index (χ2n) is 8.10. The molecule has 2 aliphatic rings. The minimum atomic E-state index is -1.17. The maximum absolute atomic E-state index is 12.6. The first-order chi connectivity index (χ1) is 16.1. The van der Waals surface area contributed by atoms with Gasteiger partial charge in [0.15, 0.2) is 5.13 Å². The van der Waals surface area contributed by atoms with E-state index in [0.717, 1.165) is 11.3 Å². The number of carboxylic acid groups (broad SMARTS) is 1. The second-order valence-corrected chi connectivity index (χ2v) is 9.83. The Balaban J connectivity index is 0.00000342. The molecule has 0 unspecified atom stereocenters. The molecule has 3 heterocycles. The van der Waals surface area contributed by atoms with E-state index in [-0.39, 0.29) is 70.4 Å². The van der Waals surface area contributed by atoms with Crippen LogP contribution >= 0.6 is 34.5 Å². The van der Waals surface area contributed by atoms with Gasteiger partial charge in [-0.3, -0.25) is 14.4 Å². The van der Waals surface area contributed by atoms with Gasteiger partial charge in [0.05, 0.1) is 29.3 Å². The molecule has 0 aromatic carbocycles. The molecule has 15 heteroatoms. The fourth-order valence-electron chi connectivity index (χ4n) is 4.08. The molecule has 1 aliphatic carbocycles. The van der Waals surface area contributed by atoms with Crippen LogP contribution in [0.25, 0.3) is 0 Å². The summed E-state index contributed by atoms with van der Waals surface area (Å²) in [5, 5.41) is 15.0. The molecule has 2 aromatic heterocycles. The number of carbonyl (C=O) groups is 4. The Kier molecular flexibility index (Phi) is 8.44. The summed E-state index contributed by atoms with van der Waals surface area (Å²) in [5.74, 6) is -2.24. The average Bonchev–Trinajstić information content (AvgIpc) is 3.15. The predicted molar refractivity (Wildman–Crippen MR) is 131 cm³/mol. The number of hydrogen-bond acceptors (Lipinski definition) is 8. The van der Waals surface area contributed by atoms with Gasteiger partial charge < -0.3 is 30.4 Å². The van der Waals surface area contributed by atoms with Crippen molar-refractivity contribution in [3.05, 3.63) is 32.0 Å². The zero-order chi connectivity index (χ0) is 24.7. The van der Waals surface area contributed by atoms with Crippen LogP contribution in [0.2, 0.25) is 10.0 Å². The van der Waals surface area contributed by atoms with Crippen LogP contribution in [0, 0.1) is 18.8 Å². The number of aromatic nitrogens is 2. The predicted octanol–water partition coefficient (Wildman–Crippen LogP) is 0.832. The summed E-state index contributed by atoms with van der Waals surface area (Å²) >= 11 is 13.3. The van der Waals surface area contributed by atoms with E-state index in [2.05, 4.69) is 20.6 Å². The number of fused-ring (bicyclic) bond motifs is 1. The van der Waals surface area contributed by atoms with Crippen LogP contribution in [-0.2, 0) is 20.7 Å². The Morgan fingerprint density at radius 1 is 1.23 bits per heavy atom. The van der Waals surface area contributed by atoms with E-state index < -0.39 is 24.4 Å². The number of aliphatic carboxylic acids is 1. The van der Waals surface area contributed by atoms with Gasteiger partial charge in [0.1, 0.15) is 17.1 Å².